The van der Waals surface area contributed by atoms with Crippen LogP contribution in [0.15, 0.2) is 18.2 Å². The van der Waals surface area contributed by atoms with Crippen molar-refractivity contribution in [2.45, 2.75) is 13.3 Å². The average Bonchev–Trinajstić information content (AvgIpc) is 2.18. The molecule has 0 saturated carbocycles. The Kier molecular flexibility index (Phi) is 3.55. The van der Waals surface area contributed by atoms with Crippen LogP contribution in [0.1, 0.15) is 12.5 Å². The fourth-order valence-electron chi connectivity index (χ4n) is 1.23. The van der Waals surface area contributed by atoms with Crippen LogP contribution < -0.4 is 11.1 Å². The normalized spacial score (nSPS) is 9.80. The minimum atomic E-state index is -0.154. The van der Waals surface area contributed by atoms with Crippen LogP contribution in [0.4, 0.5) is 16.2 Å². The molecule has 15 heavy (non-hydrogen) atoms. The summed E-state index contributed by atoms with van der Waals surface area (Å²) in [7, 11) is 3.39. The van der Waals surface area contributed by atoms with Gasteiger partial charge in [-0.15, -0.1) is 0 Å². The van der Waals surface area contributed by atoms with Gasteiger partial charge < -0.3 is 16.0 Å². The van der Waals surface area contributed by atoms with Gasteiger partial charge in [-0.1, -0.05) is 13.0 Å². The standard InChI is InChI=1S/C11H17N3O/c1-4-8-5-6-9(7-10(8)12)13-11(15)14(2)3/h5-7H,4,12H2,1-3H3,(H,13,15). The lowest BCUT2D eigenvalue weighted by Gasteiger charge is -2.13. The highest BCUT2D eigenvalue weighted by atomic mass is 16.2. The van der Waals surface area contributed by atoms with Crippen LogP contribution >= 0.6 is 0 Å². The molecule has 0 atom stereocenters. The van der Waals surface area contributed by atoms with E-state index in [-0.39, 0.29) is 6.03 Å². The lowest BCUT2D eigenvalue weighted by Crippen LogP contribution is -2.27. The van der Waals surface area contributed by atoms with Crippen molar-refractivity contribution in [3.63, 3.8) is 0 Å². The highest BCUT2D eigenvalue weighted by Crippen LogP contribution is 2.18. The van der Waals surface area contributed by atoms with Crippen molar-refractivity contribution < 1.29 is 4.79 Å². The van der Waals surface area contributed by atoms with E-state index < -0.39 is 0 Å². The summed E-state index contributed by atoms with van der Waals surface area (Å²) in [5.74, 6) is 0. The van der Waals surface area contributed by atoms with Gasteiger partial charge in [0.1, 0.15) is 0 Å². The Balaban J connectivity index is 2.80. The first-order valence-corrected chi connectivity index (χ1v) is 4.91. The molecule has 0 aliphatic carbocycles. The molecule has 0 radical (unpaired) electrons. The van der Waals surface area contributed by atoms with Gasteiger partial charge in [0, 0.05) is 25.5 Å². The van der Waals surface area contributed by atoms with Crippen LogP contribution in [0.5, 0.6) is 0 Å². The van der Waals surface area contributed by atoms with Crippen LogP contribution in [0.25, 0.3) is 0 Å². The first-order valence-electron chi connectivity index (χ1n) is 4.91. The molecule has 0 aliphatic rings. The molecule has 1 aromatic rings. The summed E-state index contributed by atoms with van der Waals surface area (Å²) in [5.41, 5.74) is 8.36. The van der Waals surface area contributed by atoms with Gasteiger partial charge in [0.25, 0.3) is 0 Å². The number of anilines is 2. The number of benzene rings is 1. The number of aryl methyl sites for hydroxylation is 1. The number of nitrogen functional groups attached to an aromatic ring is 1. The minimum absolute atomic E-state index is 0.154. The maximum absolute atomic E-state index is 11.4. The second-order valence-corrected chi connectivity index (χ2v) is 3.59. The molecule has 4 heteroatoms. The van der Waals surface area contributed by atoms with Crippen LogP contribution in [0, 0.1) is 0 Å². The van der Waals surface area contributed by atoms with Crippen molar-refractivity contribution >= 4 is 17.4 Å². The number of nitrogens with two attached hydrogens (primary N) is 1. The third-order valence-corrected chi connectivity index (χ3v) is 2.18. The summed E-state index contributed by atoms with van der Waals surface area (Å²) in [5, 5.41) is 2.74. The number of hydrogen-bond donors (Lipinski definition) is 2. The number of amides is 2. The van der Waals surface area contributed by atoms with E-state index in [9.17, 15) is 4.79 Å². The Labute approximate surface area is 90.1 Å². The Hall–Kier alpha value is -1.71. The smallest absolute Gasteiger partial charge is 0.321 e. The number of carbonyl (C=O) groups excluding carboxylic acids is 1. The first kappa shape index (κ1) is 11.4. The van der Waals surface area contributed by atoms with Crippen molar-refractivity contribution in [2.75, 3.05) is 25.1 Å². The van der Waals surface area contributed by atoms with Gasteiger partial charge in [0.2, 0.25) is 0 Å². The maximum Gasteiger partial charge on any atom is 0.321 e. The summed E-state index contributed by atoms with van der Waals surface area (Å²) in [4.78, 5) is 12.8. The van der Waals surface area contributed by atoms with Crippen LogP contribution in [-0.2, 0) is 6.42 Å². The van der Waals surface area contributed by atoms with Crippen molar-refractivity contribution in [3.05, 3.63) is 23.8 Å². The molecule has 0 bridgehead atoms. The number of nitrogens with one attached hydrogen (secondary N) is 1. The Morgan fingerprint density at radius 3 is 2.60 bits per heavy atom. The van der Waals surface area contributed by atoms with Crippen LogP contribution in [0.3, 0.4) is 0 Å². The zero-order valence-corrected chi connectivity index (χ0v) is 9.37. The Bertz CT molecular complexity index is 361. The van der Waals surface area contributed by atoms with Gasteiger partial charge in [-0.3, -0.25) is 0 Å². The molecule has 0 fully saturated rings. The fraction of sp³-hybridized carbons (Fsp3) is 0.364. The predicted octanol–water partition coefficient (Wildman–Crippen LogP) is 1.92. The van der Waals surface area contributed by atoms with Crippen molar-refractivity contribution in [3.8, 4) is 0 Å². The van der Waals surface area contributed by atoms with E-state index in [0.717, 1.165) is 17.7 Å². The zero-order chi connectivity index (χ0) is 11.4. The number of hydrogen-bond acceptors (Lipinski definition) is 2. The summed E-state index contributed by atoms with van der Waals surface area (Å²) in [6.45, 7) is 2.05. The molecule has 3 N–H and O–H groups in total. The molecule has 0 spiro atoms. The summed E-state index contributed by atoms with van der Waals surface area (Å²) < 4.78 is 0. The molecule has 1 rings (SSSR count). The average molecular weight is 207 g/mol. The SMILES string of the molecule is CCc1ccc(NC(=O)N(C)C)cc1N. The van der Waals surface area contributed by atoms with E-state index in [1.807, 2.05) is 19.1 Å². The molecule has 2 amide bonds. The minimum Gasteiger partial charge on any atom is -0.398 e. The highest BCUT2D eigenvalue weighted by molar-refractivity contribution is 5.89. The molecule has 0 aromatic heterocycles. The lowest BCUT2D eigenvalue weighted by atomic mass is 10.1. The number of nitrogens with zero attached hydrogens (tertiary/aromatic N) is 1. The van der Waals surface area contributed by atoms with Gasteiger partial charge >= 0.3 is 6.03 Å². The van der Waals surface area contributed by atoms with Crippen LogP contribution in [-0.4, -0.2) is 25.0 Å². The third-order valence-electron chi connectivity index (χ3n) is 2.18. The predicted molar refractivity (Wildman–Crippen MR) is 62.9 cm³/mol. The molecule has 4 nitrogen and oxygen atoms in total. The van der Waals surface area contributed by atoms with Gasteiger partial charge in [-0.25, -0.2) is 4.79 Å². The van der Waals surface area contributed by atoms with E-state index in [2.05, 4.69) is 5.32 Å². The summed E-state index contributed by atoms with van der Waals surface area (Å²) in [6.07, 6.45) is 0.897. The number of urea groups is 1. The molecule has 0 unspecified atom stereocenters. The summed E-state index contributed by atoms with van der Waals surface area (Å²) >= 11 is 0. The monoisotopic (exact) mass is 207 g/mol. The topological polar surface area (TPSA) is 58.4 Å². The maximum atomic E-state index is 11.4. The molecule has 0 aliphatic heterocycles. The zero-order valence-electron chi connectivity index (χ0n) is 9.37. The Morgan fingerprint density at radius 2 is 2.13 bits per heavy atom. The molecule has 0 saturated heterocycles. The third kappa shape index (κ3) is 2.87. The lowest BCUT2D eigenvalue weighted by molar-refractivity contribution is 0.230. The quantitative estimate of drug-likeness (QED) is 0.728. The molecular weight excluding hydrogens is 190 g/mol. The first-order chi connectivity index (χ1) is 7.04. The number of carbonyl (C=O) groups is 1. The highest BCUT2D eigenvalue weighted by Gasteiger charge is 2.04. The largest absolute Gasteiger partial charge is 0.398 e. The van der Waals surface area contributed by atoms with E-state index in [0.29, 0.717) is 5.69 Å². The van der Waals surface area contributed by atoms with Crippen molar-refractivity contribution in [1.82, 2.24) is 4.90 Å². The Morgan fingerprint density at radius 1 is 1.47 bits per heavy atom. The second kappa shape index (κ2) is 4.68. The van der Waals surface area contributed by atoms with E-state index in [1.54, 1.807) is 20.2 Å². The van der Waals surface area contributed by atoms with Gasteiger partial charge in [0.05, 0.1) is 0 Å². The molecule has 0 heterocycles. The fourth-order valence-corrected chi connectivity index (χ4v) is 1.23. The second-order valence-electron chi connectivity index (χ2n) is 3.59. The molecular formula is C11H17N3O. The van der Waals surface area contributed by atoms with Crippen molar-refractivity contribution in [1.29, 1.82) is 0 Å². The number of rotatable bonds is 2. The van der Waals surface area contributed by atoms with Crippen molar-refractivity contribution in [2.24, 2.45) is 0 Å². The van der Waals surface area contributed by atoms with Crippen LogP contribution in [0.2, 0.25) is 0 Å². The van der Waals surface area contributed by atoms with Gasteiger partial charge in [-0.05, 0) is 24.1 Å². The molecule has 1 aromatic carbocycles. The molecule has 82 valence electrons. The van der Waals surface area contributed by atoms with E-state index in [1.165, 1.54) is 4.90 Å². The summed E-state index contributed by atoms with van der Waals surface area (Å²) in [6, 6.07) is 5.41. The van der Waals surface area contributed by atoms with E-state index >= 15 is 0 Å². The van der Waals surface area contributed by atoms with Gasteiger partial charge in [0.15, 0.2) is 0 Å². The van der Waals surface area contributed by atoms with E-state index in [4.69, 9.17) is 5.73 Å². The van der Waals surface area contributed by atoms with Gasteiger partial charge in [-0.2, -0.15) is 0 Å².